The summed E-state index contributed by atoms with van der Waals surface area (Å²) in [6, 6.07) is 4.83. The third-order valence-corrected chi connectivity index (χ3v) is 5.19. The number of carbonyl (C=O) groups excluding carboxylic acids is 1. The Kier molecular flexibility index (Phi) is 5.22. The Morgan fingerprint density at radius 2 is 2.08 bits per heavy atom. The van der Waals surface area contributed by atoms with Crippen molar-refractivity contribution in [1.29, 1.82) is 0 Å². The van der Waals surface area contributed by atoms with Crippen LogP contribution in [0.15, 0.2) is 18.2 Å². The van der Waals surface area contributed by atoms with Crippen LogP contribution in [0.2, 0.25) is 0 Å². The second-order valence-electron chi connectivity index (χ2n) is 5.63. The van der Waals surface area contributed by atoms with Gasteiger partial charge >= 0.3 is 0 Å². The molecule has 0 aromatic heterocycles. The van der Waals surface area contributed by atoms with Gasteiger partial charge in [-0.1, -0.05) is 0 Å². The van der Waals surface area contributed by atoms with Crippen LogP contribution in [0.4, 0.5) is 0 Å². The fourth-order valence-corrected chi connectivity index (χ4v) is 3.49. The topological polar surface area (TPSA) is 103 Å². The fourth-order valence-electron chi connectivity index (χ4n) is 2.54. The van der Waals surface area contributed by atoms with Crippen molar-refractivity contribution >= 4 is 15.9 Å². The number of ether oxygens (including phenoxy) is 3. The number of fused-ring (bicyclic) bond motifs is 1. The maximum atomic E-state index is 12.1. The van der Waals surface area contributed by atoms with Crippen LogP contribution in [0, 0.1) is 0 Å². The number of carbonyl (C=O) groups is 1. The van der Waals surface area contributed by atoms with Crippen molar-refractivity contribution in [2.45, 2.75) is 18.9 Å². The summed E-state index contributed by atoms with van der Waals surface area (Å²) >= 11 is 0. The van der Waals surface area contributed by atoms with E-state index in [1.807, 2.05) is 0 Å². The molecule has 1 fully saturated rings. The molecule has 2 aliphatic rings. The average Bonchev–Trinajstić information content (AvgIpc) is 3.23. The molecule has 2 N–H and O–H groups in total. The van der Waals surface area contributed by atoms with Crippen molar-refractivity contribution in [2.24, 2.45) is 0 Å². The Morgan fingerprint density at radius 1 is 1.25 bits per heavy atom. The van der Waals surface area contributed by atoms with Gasteiger partial charge in [0.05, 0.1) is 11.9 Å². The van der Waals surface area contributed by atoms with Crippen molar-refractivity contribution in [3.8, 4) is 11.5 Å². The van der Waals surface area contributed by atoms with E-state index in [-0.39, 0.29) is 37.6 Å². The Morgan fingerprint density at radius 3 is 2.88 bits per heavy atom. The monoisotopic (exact) mass is 356 g/mol. The van der Waals surface area contributed by atoms with Gasteiger partial charge in [-0.3, -0.25) is 4.79 Å². The highest BCUT2D eigenvalue weighted by Gasteiger charge is 2.19. The Labute approximate surface area is 140 Å². The summed E-state index contributed by atoms with van der Waals surface area (Å²) in [6.45, 7) is 1.11. The van der Waals surface area contributed by atoms with E-state index in [4.69, 9.17) is 14.2 Å². The first-order chi connectivity index (χ1) is 11.5. The molecular weight excluding hydrogens is 336 g/mol. The second kappa shape index (κ2) is 7.37. The van der Waals surface area contributed by atoms with E-state index in [1.165, 1.54) is 0 Å². The molecule has 1 saturated heterocycles. The molecule has 2 aliphatic heterocycles. The maximum Gasteiger partial charge on any atom is 0.251 e. The van der Waals surface area contributed by atoms with E-state index >= 15 is 0 Å². The third kappa shape index (κ3) is 4.37. The van der Waals surface area contributed by atoms with Crippen LogP contribution in [0.3, 0.4) is 0 Å². The molecule has 24 heavy (non-hydrogen) atoms. The van der Waals surface area contributed by atoms with Crippen molar-refractivity contribution in [1.82, 2.24) is 10.0 Å². The highest BCUT2D eigenvalue weighted by molar-refractivity contribution is 7.89. The lowest BCUT2D eigenvalue weighted by atomic mass is 10.2. The molecular formula is C15H20N2O6S. The van der Waals surface area contributed by atoms with E-state index in [2.05, 4.69) is 10.0 Å². The highest BCUT2D eigenvalue weighted by Crippen LogP contribution is 2.32. The number of rotatable bonds is 7. The number of hydrogen-bond acceptors (Lipinski definition) is 6. The number of nitrogens with one attached hydrogen (secondary N) is 2. The summed E-state index contributed by atoms with van der Waals surface area (Å²) in [5.41, 5.74) is 0.393. The van der Waals surface area contributed by atoms with Gasteiger partial charge in [0.15, 0.2) is 11.5 Å². The van der Waals surface area contributed by atoms with Crippen LogP contribution < -0.4 is 19.5 Å². The summed E-state index contributed by atoms with van der Waals surface area (Å²) in [5.74, 6) is 0.555. The van der Waals surface area contributed by atoms with Crippen molar-refractivity contribution < 1.29 is 27.4 Å². The standard InChI is InChI=1S/C15H20N2O6S/c18-15(11-3-4-13-14(8-11)23-10-22-13)16-5-7-24(19,20)17-9-12-2-1-6-21-12/h3-4,8,12,17H,1-2,5-7,9-10H2,(H,16,18)/t12-/m1/s1. The first-order valence-electron chi connectivity index (χ1n) is 7.80. The molecule has 0 saturated carbocycles. The van der Waals surface area contributed by atoms with Gasteiger partial charge in [-0.25, -0.2) is 13.1 Å². The van der Waals surface area contributed by atoms with Gasteiger partial charge < -0.3 is 19.5 Å². The quantitative estimate of drug-likeness (QED) is 0.726. The molecule has 0 radical (unpaired) electrons. The van der Waals surface area contributed by atoms with Crippen molar-refractivity contribution in [3.05, 3.63) is 23.8 Å². The minimum atomic E-state index is -3.45. The van der Waals surface area contributed by atoms with Gasteiger partial charge in [-0.05, 0) is 31.0 Å². The normalized spacial score (nSPS) is 19.4. The van der Waals surface area contributed by atoms with Crippen LogP contribution in [0.1, 0.15) is 23.2 Å². The molecule has 1 aromatic carbocycles. The van der Waals surface area contributed by atoms with Gasteiger partial charge in [0.25, 0.3) is 5.91 Å². The lowest BCUT2D eigenvalue weighted by Crippen LogP contribution is -2.37. The molecule has 1 aromatic rings. The van der Waals surface area contributed by atoms with E-state index in [1.54, 1.807) is 18.2 Å². The predicted octanol–water partition coefficient (Wildman–Crippen LogP) is 0.243. The molecule has 9 heteroatoms. The Balaban J connectivity index is 1.44. The van der Waals surface area contributed by atoms with E-state index < -0.39 is 10.0 Å². The Bertz CT molecular complexity index is 700. The molecule has 3 rings (SSSR count). The summed E-state index contributed by atoms with van der Waals surface area (Å²) in [5, 5.41) is 2.59. The number of hydrogen-bond donors (Lipinski definition) is 2. The summed E-state index contributed by atoms with van der Waals surface area (Å²) in [4.78, 5) is 12.1. The summed E-state index contributed by atoms with van der Waals surface area (Å²) < 4.78 is 42.1. The molecule has 2 heterocycles. The zero-order valence-corrected chi connectivity index (χ0v) is 13.9. The molecule has 8 nitrogen and oxygen atoms in total. The van der Waals surface area contributed by atoms with E-state index in [9.17, 15) is 13.2 Å². The fraction of sp³-hybridized carbons (Fsp3) is 0.533. The van der Waals surface area contributed by atoms with Crippen molar-refractivity contribution in [3.63, 3.8) is 0 Å². The first kappa shape index (κ1) is 17.0. The van der Waals surface area contributed by atoms with E-state index in [0.29, 0.717) is 23.7 Å². The van der Waals surface area contributed by atoms with Gasteiger partial charge in [0.2, 0.25) is 16.8 Å². The number of amides is 1. The average molecular weight is 356 g/mol. The summed E-state index contributed by atoms with van der Waals surface area (Å²) in [6.07, 6.45) is 1.77. The maximum absolute atomic E-state index is 12.1. The van der Waals surface area contributed by atoms with Crippen LogP contribution in [-0.4, -0.2) is 52.7 Å². The zero-order chi connectivity index (χ0) is 17.0. The van der Waals surface area contributed by atoms with Gasteiger partial charge in [-0.2, -0.15) is 0 Å². The van der Waals surface area contributed by atoms with Crippen molar-refractivity contribution in [2.75, 3.05) is 32.2 Å². The minimum absolute atomic E-state index is 0.0220. The lowest BCUT2D eigenvalue weighted by molar-refractivity contribution is 0.0955. The molecule has 0 spiro atoms. The van der Waals surface area contributed by atoms with Crippen LogP contribution in [0.25, 0.3) is 0 Å². The smallest absolute Gasteiger partial charge is 0.251 e. The van der Waals surface area contributed by atoms with Crippen LogP contribution in [-0.2, 0) is 14.8 Å². The van der Waals surface area contributed by atoms with Crippen LogP contribution >= 0.6 is 0 Å². The van der Waals surface area contributed by atoms with E-state index in [0.717, 1.165) is 12.8 Å². The molecule has 0 unspecified atom stereocenters. The zero-order valence-electron chi connectivity index (χ0n) is 13.1. The second-order valence-corrected chi connectivity index (χ2v) is 7.55. The molecule has 0 bridgehead atoms. The molecule has 1 amide bonds. The SMILES string of the molecule is O=C(NCCS(=O)(=O)NC[C@H]1CCCO1)c1ccc2c(c1)OCO2. The number of sulfonamides is 1. The minimum Gasteiger partial charge on any atom is -0.454 e. The largest absolute Gasteiger partial charge is 0.454 e. The highest BCUT2D eigenvalue weighted by atomic mass is 32.2. The first-order valence-corrected chi connectivity index (χ1v) is 9.45. The predicted molar refractivity (Wildman–Crippen MR) is 85.7 cm³/mol. The lowest BCUT2D eigenvalue weighted by Gasteiger charge is -2.11. The third-order valence-electron chi connectivity index (χ3n) is 3.85. The summed E-state index contributed by atoms with van der Waals surface area (Å²) in [7, 11) is -3.45. The van der Waals surface area contributed by atoms with Gasteiger partial charge in [0.1, 0.15) is 0 Å². The molecule has 132 valence electrons. The Hall–Kier alpha value is -1.84. The molecule has 1 atom stereocenters. The van der Waals surface area contributed by atoms with Gasteiger partial charge in [-0.15, -0.1) is 0 Å². The van der Waals surface area contributed by atoms with Crippen LogP contribution in [0.5, 0.6) is 11.5 Å². The van der Waals surface area contributed by atoms with Gasteiger partial charge in [0, 0.05) is 25.3 Å². The number of benzene rings is 1. The molecule has 0 aliphatic carbocycles.